The summed E-state index contributed by atoms with van der Waals surface area (Å²) >= 11 is 0. The zero-order valence-electron chi connectivity index (χ0n) is 29.5. The number of hydrogen-bond donors (Lipinski definition) is 0. The Balaban J connectivity index is 1.94. The van der Waals surface area contributed by atoms with Crippen LogP contribution < -0.4 is 9.97 Å². The van der Waals surface area contributed by atoms with E-state index in [1.807, 2.05) is 58.9 Å². The molecule has 0 amide bonds. The van der Waals surface area contributed by atoms with Crippen molar-refractivity contribution in [2.75, 3.05) is 28.4 Å². The molecule has 48 heavy (non-hydrogen) atoms. The van der Waals surface area contributed by atoms with Crippen LogP contribution in [-0.2, 0) is 41.4 Å². The summed E-state index contributed by atoms with van der Waals surface area (Å²) in [6, 6.07) is 7.96. The average molecular weight is 653 g/mol. The summed E-state index contributed by atoms with van der Waals surface area (Å²) in [5.41, 5.74) is 13.7. The van der Waals surface area contributed by atoms with Crippen LogP contribution in [0.25, 0.3) is 44.4 Å². The van der Waals surface area contributed by atoms with Crippen molar-refractivity contribution in [3.63, 3.8) is 0 Å². The van der Waals surface area contributed by atoms with Gasteiger partial charge in [-0.25, -0.2) is 9.97 Å². The third-order valence-electron chi connectivity index (χ3n) is 9.61. The number of ether oxygens (including phenoxy) is 4. The molecule has 0 saturated carbocycles. The molecule has 5 heterocycles. The maximum atomic E-state index is 12.2. The Bertz CT molecular complexity index is 2000. The zero-order valence-corrected chi connectivity index (χ0v) is 29.5. The van der Waals surface area contributed by atoms with E-state index in [2.05, 4.69) is 6.92 Å². The van der Waals surface area contributed by atoms with Gasteiger partial charge in [-0.15, -0.1) is 22.1 Å². The minimum absolute atomic E-state index is 0.204. The van der Waals surface area contributed by atoms with Gasteiger partial charge in [0.2, 0.25) is 0 Å². The normalized spacial score (nSPS) is 14.4. The quantitative estimate of drug-likeness (QED) is 0.229. The van der Waals surface area contributed by atoms with Gasteiger partial charge in [0.1, 0.15) is 0 Å². The van der Waals surface area contributed by atoms with Crippen molar-refractivity contribution in [1.82, 2.24) is 19.9 Å². The topological polar surface area (TPSA) is 125 Å². The second-order valence-electron chi connectivity index (χ2n) is 12.3. The lowest BCUT2D eigenvalue weighted by atomic mass is 9.99. The summed E-state index contributed by atoms with van der Waals surface area (Å²) in [5.74, 6) is -0.597. The molecule has 2 aliphatic rings. The number of hydrogen-bond acceptors (Lipinski definition) is 8. The SMILES string of the molecule is COC(=O)CCc1c(C)c2cc3nc(cc4nc(cc5[n-]c(cc1[n-]2)c(CCC(=O)OC)c5C)C(C(C)OC)=C4C)C(C(C)OC)=C3C. The van der Waals surface area contributed by atoms with Gasteiger partial charge in [0.05, 0.1) is 49.2 Å². The predicted octanol–water partition coefficient (Wildman–Crippen LogP) is 6.33. The van der Waals surface area contributed by atoms with E-state index in [1.165, 1.54) is 14.2 Å². The van der Waals surface area contributed by atoms with E-state index >= 15 is 0 Å². The third kappa shape index (κ3) is 6.59. The molecule has 0 saturated heterocycles. The van der Waals surface area contributed by atoms with Crippen LogP contribution in [0.2, 0.25) is 0 Å². The van der Waals surface area contributed by atoms with Gasteiger partial charge in [0.25, 0.3) is 0 Å². The smallest absolute Gasteiger partial charge is 0.305 e. The number of carbonyl (C=O) groups excluding carboxylic acids is 2. The van der Waals surface area contributed by atoms with E-state index in [9.17, 15) is 9.59 Å². The standard InChI is InChI=1S/C38H44N4O6/c1-19-25(11-13-35(43)47-9)31-18-32-26(12-14-36(44)48-10)20(2)28(40-32)16-33-38(24(6)46-8)22(4)30(42-33)17-34-37(23(5)45-7)21(3)29(41-34)15-27(19)39-31/h15-18,23-24H,11-14H2,1-10H3/q-2. The number of methoxy groups -OCH3 is 4. The van der Waals surface area contributed by atoms with Crippen LogP contribution in [0.15, 0.2) is 24.3 Å². The molecule has 10 heteroatoms. The minimum Gasteiger partial charge on any atom is -0.657 e. The molecule has 5 rings (SSSR count). The van der Waals surface area contributed by atoms with Crippen molar-refractivity contribution < 1.29 is 28.5 Å². The Hall–Kier alpha value is -4.54. The number of rotatable bonds is 10. The molecule has 2 atom stereocenters. The Labute approximate surface area is 281 Å². The van der Waals surface area contributed by atoms with Crippen LogP contribution in [0.1, 0.15) is 85.6 Å². The van der Waals surface area contributed by atoms with Crippen LogP contribution >= 0.6 is 0 Å². The molecule has 0 N–H and O–H groups in total. The summed E-state index contributed by atoms with van der Waals surface area (Å²) in [5, 5.41) is 0. The summed E-state index contributed by atoms with van der Waals surface area (Å²) < 4.78 is 21.6. The summed E-state index contributed by atoms with van der Waals surface area (Å²) in [6.07, 6.45) is 0.855. The minimum atomic E-state index is -0.299. The Morgan fingerprint density at radius 2 is 1.00 bits per heavy atom. The summed E-state index contributed by atoms with van der Waals surface area (Å²) in [4.78, 5) is 44.9. The molecular formula is C38H44N4O6-2. The van der Waals surface area contributed by atoms with Gasteiger partial charge < -0.3 is 28.9 Å². The first-order valence-electron chi connectivity index (χ1n) is 16.2. The second-order valence-corrected chi connectivity index (χ2v) is 12.3. The molecule has 0 aliphatic carbocycles. The monoisotopic (exact) mass is 652 g/mol. The molecule has 0 aromatic carbocycles. The first kappa shape index (κ1) is 34.8. The highest BCUT2D eigenvalue weighted by molar-refractivity contribution is 5.97. The molecule has 3 aromatic heterocycles. The van der Waals surface area contributed by atoms with Gasteiger partial charge in [-0.2, -0.15) is 0 Å². The fraction of sp³-hybridized carbons (Fsp3) is 0.421. The lowest BCUT2D eigenvalue weighted by Gasteiger charge is -2.13. The fourth-order valence-electron chi connectivity index (χ4n) is 6.55. The van der Waals surface area contributed by atoms with Gasteiger partial charge in [0.15, 0.2) is 0 Å². The lowest BCUT2D eigenvalue weighted by Crippen LogP contribution is -2.08. The second kappa shape index (κ2) is 14.3. The van der Waals surface area contributed by atoms with Gasteiger partial charge in [0, 0.05) is 38.2 Å². The van der Waals surface area contributed by atoms with Crippen LogP contribution in [0, 0.1) is 13.8 Å². The van der Waals surface area contributed by atoms with Crippen molar-refractivity contribution in [1.29, 1.82) is 0 Å². The van der Waals surface area contributed by atoms with Crippen LogP contribution in [-0.4, -0.2) is 62.6 Å². The van der Waals surface area contributed by atoms with Crippen molar-refractivity contribution in [3.05, 3.63) is 69.3 Å². The number of aromatic nitrogens is 4. The first-order valence-corrected chi connectivity index (χ1v) is 16.2. The highest BCUT2D eigenvalue weighted by atomic mass is 16.5. The predicted molar refractivity (Wildman–Crippen MR) is 187 cm³/mol. The van der Waals surface area contributed by atoms with Crippen molar-refractivity contribution in [3.8, 4) is 0 Å². The molecule has 254 valence electrons. The number of esters is 2. The molecule has 2 aliphatic heterocycles. The lowest BCUT2D eigenvalue weighted by molar-refractivity contribution is -0.141. The summed E-state index contributed by atoms with van der Waals surface area (Å²) in [6.45, 7) is 12.1. The zero-order chi connectivity index (χ0) is 34.9. The largest absolute Gasteiger partial charge is 0.657 e. The number of aryl methyl sites for hydroxylation is 4. The molecule has 10 nitrogen and oxygen atoms in total. The molecule has 8 bridgehead atoms. The van der Waals surface area contributed by atoms with E-state index < -0.39 is 0 Å². The van der Waals surface area contributed by atoms with Gasteiger partial charge in [-0.1, -0.05) is 40.5 Å². The Morgan fingerprint density at radius 3 is 1.42 bits per heavy atom. The Kier molecular flexibility index (Phi) is 10.4. The van der Waals surface area contributed by atoms with Gasteiger partial charge >= 0.3 is 11.9 Å². The van der Waals surface area contributed by atoms with Crippen molar-refractivity contribution in [2.24, 2.45) is 0 Å². The maximum Gasteiger partial charge on any atom is 0.305 e. The van der Waals surface area contributed by atoms with Crippen molar-refractivity contribution >= 4 is 56.3 Å². The molecule has 0 fully saturated rings. The number of carbonyl (C=O) groups is 2. The van der Waals surface area contributed by atoms with E-state index in [4.69, 9.17) is 38.9 Å². The van der Waals surface area contributed by atoms with Gasteiger partial charge in [-0.3, -0.25) is 9.59 Å². The van der Waals surface area contributed by atoms with E-state index in [0.717, 1.165) is 78.4 Å². The number of fused-ring (bicyclic) bond motifs is 8. The van der Waals surface area contributed by atoms with Crippen LogP contribution in [0.3, 0.4) is 0 Å². The highest BCUT2D eigenvalue weighted by Crippen LogP contribution is 2.38. The molecule has 0 radical (unpaired) electrons. The van der Waals surface area contributed by atoms with Gasteiger partial charge in [-0.05, 0) is 71.6 Å². The molecule has 3 aromatic rings. The third-order valence-corrected chi connectivity index (χ3v) is 9.61. The van der Waals surface area contributed by atoms with Crippen LogP contribution in [0.5, 0.6) is 0 Å². The molecule has 0 spiro atoms. The number of allylic oxidation sites excluding steroid dienone is 2. The summed E-state index contributed by atoms with van der Waals surface area (Å²) in [7, 11) is 6.16. The molecular weight excluding hydrogens is 608 g/mol. The van der Waals surface area contributed by atoms with Crippen molar-refractivity contribution in [2.45, 2.75) is 79.4 Å². The first-order chi connectivity index (χ1) is 22.9. The fourth-order valence-corrected chi connectivity index (χ4v) is 6.55. The van der Waals surface area contributed by atoms with E-state index in [0.29, 0.717) is 23.9 Å². The average Bonchev–Trinajstić information content (AvgIpc) is 3.74. The Morgan fingerprint density at radius 1 is 0.604 bits per heavy atom. The molecule has 2 unspecified atom stereocenters. The number of nitrogens with zero attached hydrogens (tertiary/aromatic N) is 4. The van der Waals surface area contributed by atoms with E-state index in [-0.39, 0.29) is 37.0 Å². The maximum absolute atomic E-state index is 12.2. The highest BCUT2D eigenvalue weighted by Gasteiger charge is 2.25. The van der Waals surface area contributed by atoms with Crippen LogP contribution in [0.4, 0.5) is 0 Å². The van der Waals surface area contributed by atoms with E-state index in [1.54, 1.807) is 14.2 Å².